The topological polar surface area (TPSA) is 125 Å². The second-order valence-corrected chi connectivity index (χ2v) is 6.25. The Bertz CT molecular complexity index is 631. The minimum atomic E-state index is -1.18. The molecular weight excluding hydrogens is 330 g/mol. The fraction of sp³-hybridized carbons (Fsp3) is 0.529. The van der Waals surface area contributed by atoms with Crippen LogP contribution in [0, 0.1) is 0 Å². The lowest BCUT2D eigenvalue weighted by Gasteiger charge is -2.31. The zero-order valence-corrected chi connectivity index (χ0v) is 14.1. The van der Waals surface area contributed by atoms with Gasteiger partial charge in [-0.05, 0) is 31.5 Å². The number of hydrogen-bond acceptors (Lipinski definition) is 6. The van der Waals surface area contributed by atoms with E-state index < -0.39 is 24.5 Å². The number of aliphatic hydroxyl groups excluding tert-OH is 2. The fourth-order valence-corrected chi connectivity index (χ4v) is 2.53. The molecule has 8 heteroatoms. The quantitative estimate of drug-likeness (QED) is 0.591. The molecule has 1 fully saturated rings. The lowest BCUT2D eigenvalue weighted by molar-refractivity contribution is -0.195. The number of hydrogen-bond donors (Lipinski definition) is 4. The van der Waals surface area contributed by atoms with Crippen LogP contribution in [0.1, 0.15) is 42.6 Å². The summed E-state index contributed by atoms with van der Waals surface area (Å²) in [7, 11) is 0. The van der Waals surface area contributed by atoms with E-state index in [9.17, 15) is 19.8 Å². The van der Waals surface area contributed by atoms with Crippen LogP contribution in [0.25, 0.3) is 0 Å². The highest BCUT2D eigenvalue weighted by molar-refractivity contribution is 5.97. The summed E-state index contributed by atoms with van der Waals surface area (Å²) in [4.78, 5) is 23.5. The second-order valence-electron chi connectivity index (χ2n) is 6.25. The number of carboxylic acid groups (broad SMARTS) is 1. The van der Waals surface area contributed by atoms with Crippen molar-refractivity contribution in [3.05, 3.63) is 29.3 Å². The molecule has 1 aliphatic heterocycles. The van der Waals surface area contributed by atoms with E-state index in [1.54, 1.807) is 6.07 Å². The van der Waals surface area contributed by atoms with Crippen molar-refractivity contribution in [3.63, 3.8) is 0 Å². The van der Waals surface area contributed by atoms with Gasteiger partial charge in [0.1, 0.15) is 5.75 Å². The van der Waals surface area contributed by atoms with Crippen molar-refractivity contribution in [1.29, 1.82) is 0 Å². The van der Waals surface area contributed by atoms with Gasteiger partial charge in [-0.25, -0.2) is 4.79 Å². The zero-order valence-electron chi connectivity index (χ0n) is 14.1. The second kappa shape index (κ2) is 8.28. The molecule has 0 radical (unpaired) electrons. The van der Waals surface area contributed by atoms with Crippen molar-refractivity contribution in [2.45, 2.75) is 57.8 Å². The summed E-state index contributed by atoms with van der Waals surface area (Å²) in [6.07, 6.45) is -2.95. The predicted octanol–water partition coefficient (Wildman–Crippen LogP) is 0.646. The molecule has 0 bridgehead atoms. The van der Waals surface area contributed by atoms with Crippen LogP contribution in [-0.4, -0.2) is 51.7 Å². The number of rotatable bonds is 6. The van der Waals surface area contributed by atoms with E-state index in [1.807, 2.05) is 13.8 Å². The van der Waals surface area contributed by atoms with Gasteiger partial charge in [-0.15, -0.1) is 0 Å². The van der Waals surface area contributed by atoms with Crippen molar-refractivity contribution >= 4 is 11.9 Å². The van der Waals surface area contributed by atoms with Gasteiger partial charge in [0.05, 0.1) is 18.3 Å². The summed E-state index contributed by atoms with van der Waals surface area (Å²) < 4.78 is 11.0. The Hall–Kier alpha value is -2.16. The lowest BCUT2D eigenvalue weighted by atomic mass is 10.0. The molecule has 0 spiro atoms. The van der Waals surface area contributed by atoms with Crippen molar-refractivity contribution in [3.8, 4) is 5.75 Å². The number of aliphatic carboxylic acids is 1. The third-order valence-corrected chi connectivity index (χ3v) is 3.69. The normalized spacial score (nSPS) is 23.3. The van der Waals surface area contributed by atoms with Crippen LogP contribution >= 0.6 is 0 Å². The van der Waals surface area contributed by atoms with Crippen LogP contribution in [0.15, 0.2) is 18.2 Å². The summed E-state index contributed by atoms with van der Waals surface area (Å²) >= 11 is 0. The number of benzene rings is 1. The summed E-state index contributed by atoms with van der Waals surface area (Å²) in [5.74, 6) is -1.37. The Morgan fingerprint density at radius 1 is 1.36 bits per heavy atom. The molecule has 0 unspecified atom stereocenters. The van der Waals surface area contributed by atoms with Crippen molar-refractivity contribution < 1.29 is 34.4 Å². The number of nitrogens with one attached hydrogen (secondary N) is 1. The monoisotopic (exact) mass is 353 g/mol. The maximum Gasteiger partial charge on any atom is 0.333 e. The Labute approximate surface area is 145 Å². The maximum absolute atomic E-state index is 12.4. The standard InChI is InChI=1S/C17H23NO7/c1-9(2)18-16(21)12-5-10(8-19)3-4-13(12)24-15-7-11(20)6-14(25-15)17(22)23/h3-5,9,11,14-15,19-20H,6-8H2,1-2H3,(H,18,21)(H,22,23)/t11-,14-,15+/m0/s1. The first kappa shape index (κ1) is 19.2. The van der Waals surface area contributed by atoms with E-state index in [0.29, 0.717) is 5.56 Å². The fourth-order valence-electron chi connectivity index (χ4n) is 2.53. The molecule has 138 valence electrons. The number of ether oxygens (including phenoxy) is 2. The van der Waals surface area contributed by atoms with Gasteiger partial charge < -0.3 is 30.1 Å². The average molecular weight is 353 g/mol. The molecule has 25 heavy (non-hydrogen) atoms. The van der Waals surface area contributed by atoms with Crippen LogP contribution in [0.4, 0.5) is 0 Å². The SMILES string of the molecule is CC(C)NC(=O)c1cc(CO)ccc1O[C@H]1C[C@@H](O)C[C@@H](C(=O)O)O1. The molecule has 1 aliphatic rings. The molecular formula is C17H23NO7. The first-order valence-electron chi connectivity index (χ1n) is 8.07. The Kier molecular flexibility index (Phi) is 6.35. The highest BCUT2D eigenvalue weighted by atomic mass is 16.7. The van der Waals surface area contributed by atoms with Crippen LogP contribution in [0.3, 0.4) is 0 Å². The van der Waals surface area contributed by atoms with Crippen molar-refractivity contribution in [2.24, 2.45) is 0 Å². The van der Waals surface area contributed by atoms with E-state index in [4.69, 9.17) is 14.6 Å². The molecule has 4 N–H and O–H groups in total. The molecule has 1 heterocycles. The average Bonchev–Trinajstić information content (AvgIpc) is 2.53. The van der Waals surface area contributed by atoms with E-state index in [1.165, 1.54) is 12.1 Å². The third kappa shape index (κ3) is 5.15. The minimum absolute atomic E-state index is 0.0145. The van der Waals surface area contributed by atoms with Gasteiger partial charge in [0.2, 0.25) is 6.29 Å². The summed E-state index contributed by atoms with van der Waals surface area (Å²) in [6, 6.07) is 4.51. The van der Waals surface area contributed by atoms with Crippen molar-refractivity contribution in [2.75, 3.05) is 0 Å². The molecule has 1 saturated heterocycles. The summed E-state index contributed by atoms with van der Waals surface area (Å²) in [5.41, 5.74) is 0.741. The van der Waals surface area contributed by atoms with E-state index in [2.05, 4.69) is 5.32 Å². The van der Waals surface area contributed by atoms with E-state index in [0.717, 1.165) is 0 Å². The largest absolute Gasteiger partial charge is 0.479 e. The lowest BCUT2D eigenvalue weighted by Crippen LogP contribution is -2.42. The van der Waals surface area contributed by atoms with Crippen LogP contribution in [0.2, 0.25) is 0 Å². The summed E-state index contributed by atoms with van der Waals surface area (Å²) in [5, 5.41) is 30.9. The number of carbonyl (C=O) groups is 2. The van der Waals surface area contributed by atoms with E-state index in [-0.39, 0.29) is 42.7 Å². The first-order chi connectivity index (χ1) is 11.8. The van der Waals surface area contributed by atoms with Gasteiger partial charge in [-0.3, -0.25) is 4.79 Å². The Balaban J connectivity index is 2.22. The minimum Gasteiger partial charge on any atom is -0.479 e. The third-order valence-electron chi connectivity index (χ3n) is 3.69. The molecule has 2 rings (SSSR count). The number of carbonyl (C=O) groups excluding carboxylic acids is 1. The summed E-state index contributed by atoms with van der Waals surface area (Å²) in [6.45, 7) is 3.39. The van der Waals surface area contributed by atoms with Crippen LogP contribution < -0.4 is 10.1 Å². The maximum atomic E-state index is 12.4. The Morgan fingerprint density at radius 2 is 2.08 bits per heavy atom. The first-order valence-corrected chi connectivity index (χ1v) is 8.07. The molecule has 0 saturated carbocycles. The number of amides is 1. The molecule has 1 aromatic rings. The van der Waals surface area contributed by atoms with Crippen LogP contribution in [-0.2, 0) is 16.1 Å². The van der Waals surface area contributed by atoms with Gasteiger partial charge in [0.25, 0.3) is 5.91 Å². The number of aliphatic hydroxyl groups is 2. The van der Waals surface area contributed by atoms with Crippen LogP contribution in [0.5, 0.6) is 5.75 Å². The van der Waals surface area contributed by atoms with Gasteiger partial charge in [-0.2, -0.15) is 0 Å². The van der Waals surface area contributed by atoms with Gasteiger partial charge in [0.15, 0.2) is 6.10 Å². The van der Waals surface area contributed by atoms with E-state index >= 15 is 0 Å². The highest BCUT2D eigenvalue weighted by Gasteiger charge is 2.34. The Morgan fingerprint density at radius 3 is 2.68 bits per heavy atom. The zero-order chi connectivity index (χ0) is 18.6. The van der Waals surface area contributed by atoms with Gasteiger partial charge in [-0.1, -0.05) is 6.07 Å². The smallest absolute Gasteiger partial charge is 0.333 e. The molecule has 1 amide bonds. The highest BCUT2D eigenvalue weighted by Crippen LogP contribution is 2.27. The van der Waals surface area contributed by atoms with Gasteiger partial charge >= 0.3 is 5.97 Å². The van der Waals surface area contributed by atoms with Crippen molar-refractivity contribution in [1.82, 2.24) is 5.32 Å². The molecule has 8 nitrogen and oxygen atoms in total. The molecule has 0 aliphatic carbocycles. The predicted molar refractivity (Wildman–Crippen MR) is 87.1 cm³/mol. The van der Waals surface area contributed by atoms with Gasteiger partial charge in [0, 0.05) is 18.9 Å². The molecule has 0 aromatic heterocycles. The molecule has 1 aromatic carbocycles. The molecule has 3 atom stereocenters. The number of carboxylic acids is 1.